The van der Waals surface area contributed by atoms with Crippen molar-refractivity contribution in [2.75, 3.05) is 37.6 Å². The van der Waals surface area contributed by atoms with Crippen LogP contribution in [0.4, 0.5) is 10.5 Å². The van der Waals surface area contributed by atoms with Crippen molar-refractivity contribution >= 4 is 11.8 Å². The van der Waals surface area contributed by atoms with Crippen molar-refractivity contribution in [3.63, 3.8) is 0 Å². The molecule has 0 spiro atoms. The van der Waals surface area contributed by atoms with Crippen molar-refractivity contribution in [3.8, 4) is 0 Å². The van der Waals surface area contributed by atoms with Gasteiger partial charge < -0.3 is 19.9 Å². The van der Waals surface area contributed by atoms with Crippen LogP contribution >= 0.6 is 0 Å². The molecule has 24 heavy (non-hydrogen) atoms. The van der Waals surface area contributed by atoms with Gasteiger partial charge in [0.2, 0.25) is 0 Å². The Hall–Kier alpha value is -1.75. The number of amides is 1. The summed E-state index contributed by atoms with van der Waals surface area (Å²) in [6.45, 7) is 10.2. The van der Waals surface area contributed by atoms with Crippen LogP contribution in [-0.2, 0) is 4.74 Å². The van der Waals surface area contributed by atoms with Crippen molar-refractivity contribution in [2.45, 2.75) is 45.3 Å². The fourth-order valence-corrected chi connectivity index (χ4v) is 3.36. The lowest BCUT2D eigenvalue weighted by molar-refractivity contribution is 0.0195. The molecular weight excluding hydrogens is 302 g/mol. The quantitative estimate of drug-likeness (QED) is 0.904. The fourth-order valence-electron chi connectivity index (χ4n) is 3.36. The zero-order valence-corrected chi connectivity index (χ0v) is 15.0. The minimum absolute atomic E-state index is 0.166. The first kappa shape index (κ1) is 17.1. The lowest BCUT2D eigenvalue weighted by atomic mass is 10.0. The van der Waals surface area contributed by atoms with Crippen LogP contribution in [0, 0.1) is 0 Å². The molecule has 1 amide bonds. The van der Waals surface area contributed by atoms with Gasteiger partial charge in [0.25, 0.3) is 0 Å². The summed E-state index contributed by atoms with van der Waals surface area (Å²) in [6.07, 6.45) is 2.36. The van der Waals surface area contributed by atoms with Crippen LogP contribution in [0.2, 0.25) is 0 Å². The van der Waals surface area contributed by atoms with Crippen LogP contribution in [0.5, 0.6) is 0 Å². The van der Waals surface area contributed by atoms with Crippen LogP contribution in [0.3, 0.4) is 0 Å². The molecule has 1 aromatic rings. The molecule has 2 aliphatic heterocycles. The maximum absolute atomic E-state index is 12.3. The summed E-state index contributed by atoms with van der Waals surface area (Å²) in [5.74, 6) is 0. The molecule has 5 nitrogen and oxygen atoms in total. The number of carbonyl (C=O) groups is 1. The summed E-state index contributed by atoms with van der Waals surface area (Å²) in [4.78, 5) is 16.5. The van der Waals surface area contributed by atoms with E-state index in [4.69, 9.17) is 4.74 Å². The Morgan fingerprint density at radius 3 is 2.42 bits per heavy atom. The molecule has 3 rings (SSSR count). The van der Waals surface area contributed by atoms with Gasteiger partial charge in [-0.2, -0.15) is 0 Å². The van der Waals surface area contributed by atoms with Gasteiger partial charge in [-0.15, -0.1) is 0 Å². The molecule has 1 N–H and O–H groups in total. The predicted molar refractivity (Wildman–Crippen MR) is 96.4 cm³/mol. The molecule has 0 bridgehead atoms. The molecule has 1 unspecified atom stereocenters. The maximum atomic E-state index is 12.3. The van der Waals surface area contributed by atoms with Crippen LogP contribution in [0.15, 0.2) is 24.3 Å². The van der Waals surface area contributed by atoms with E-state index in [2.05, 4.69) is 34.5 Å². The zero-order valence-electron chi connectivity index (χ0n) is 15.0. The number of hydrogen-bond donors (Lipinski definition) is 1. The summed E-state index contributed by atoms with van der Waals surface area (Å²) in [5, 5.41) is 3.51. The Labute approximate surface area is 145 Å². The highest BCUT2D eigenvalue weighted by atomic mass is 16.6. The molecule has 2 aliphatic rings. The van der Waals surface area contributed by atoms with Crippen LogP contribution in [-0.4, -0.2) is 49.3 Å². The van der Waals surface area contributed by atoms with Crippen LogP contribution < -0.4 is 10.2 Å². The van der Waals surface area contributed by atoms with E-state index in [1.54, 1.807) is 4.90 Å². The molecule has 132 valence electrons. The van der Waals surface area contributed by atoms with E-state index < -0.39 is 5.60 Å². The summed E-state index contributed by atoms with van der Waals surface area (Å²) in [6, 6.07) is 8.94. The highest BCUT2D eigenvalue weighted by molar-refractivity contribution is 5.68. The van der Waals surface area contributed by atoms with Crippen molar-refractivity contribution in [2.24, 2.45) is 0 Å². The van der Waals surface area contributed by atoms with Gasteiger partial charge in [-0.25, -0.2) is 4.79 Å². The number of rotatable bonds is 2. The Bertz CT molecular complexity index is 559. The van der Waals surface area contributed by atoms with Gasteiger partial charge in [0.15, 0.2) is 0 Å². The molecule has 0 aliphatic carbocycles. The summed E-state index contributed by atoms with van der Waals surface area (Å²) < 4.78 is 5.50. The van der Waals surface area contributed by atoms with Crippen LogP contribution in [0.25, 0.3) is 0 Å². The van der Waals surface area contributed by atoms with Crippen molar-refractivity contribution in [3.05, 3.63) is 29.8 Å². The standard InChI is InChI=1S/C19H29N3O2/c1-19(2,3)24-18(23)22-13-10-20-17(14-22)15-6-8-16(9-7-15)21-11-4-5-12-21/h6-9,17,20H,4-5,10-14H2,1-3H3. The number of piperazine rings is 1. The highest BCUT2D eigenvalue weighted by Crippen LogP contribution is 2.24. The minimum Gasteiger partial charge on any atom is -0.444 e. The van der Waals surface area contributed by atoms with Gasteiger partial charge >= 0.3 is 6.09 Å². The summed E-state index contributed by atoms with van der Waals surface area (Å²) in [7, 11) is 0. The third kappa shape index (κ3) is 4.20. The Morgan fingerprint density at radius 1 is 1.12 bits per heavy atom. The number of benzene rings is 1. The van der Waals surface area contributed by atoms with E-state index in [0.717, 1.165) is 19.6 Å². The normalized spacial score (nSPS) is 21.9. The Kier molecular flexibility index (Phi) is 4.99. The molecule has 5 heteroatoms. The highest BCUT2D eigenvalue weighted by Gasteiger charge is 2.28. The SMILES string of the molecule is CC(C)(C)OC(=O)N1CCNC(c2ccc(N3CCCC3)cc2)C1. The molecule has 0 saturated carbocycles. The van der Waals surface area contributed by atoms with Gasteiger partial charge in [0, 0.05) is 38.4 Å². The molecule has 0 radical (unpaired) electrons. The molecule has 2 heterocycles. The van der Waals surface area contributed by atoms with E-state index in [0.29, 0.717) is 13.1 Å². The van der Waals surface area contributed by atoms with Crippen LogP contribution in [0.1, 0.15) is 45.2 Å². The van der Waals surface area contributed by atoms with Gasteiger partial charge in [0.1, 0.15) is 5.60 Å². The number of hydrogen-bond acceptors (Lipinski definition) is 4. The zero-order chi connectivity index (χ0) is 17.2. The topological polar surface area (TPSA) is 44.8 Å². The predicted octanol–water partition coefficient (Wildman–Crippen LogP) is 3.17. The lowest BCUT2D eigenvalue weighted by Crippen LogP contribution is -2.49. The van der Waals surface area contributed by atoms with Gasteiger partial charge in [0.05, 0.1) is 6.04 Å². The molecule has 2 fully saturated rings. The summed E-state index contributed by atoms with van der Waals surface area (Å²) >= 11 is 0. The van der Waals surface area contributed by atoms with E-state index in [-0.39, 0.29) is 12.1 Å². The number of anilines is 1. The average molecular weight is 331 g/mol. The van der Waals surface area contributed by atoms with E-state index in [1.807, 2.05) is 20.8 Å². The number of carbonyl (C=O) groups excluding carboxylic acids is 1. The molecule has 1 atom stereocenters. The van der Waals surface area contributed by atoms with Crippen molar-refractivity contribution in [1.29, 1.82) is 0 Å². The molecule has 1 aromatic carbocycles. The monoisotopic (exact) mass is 331 g/mol. The Morgan fingerprint density at radius 2 is 1.79 bits per heavy atom. The molecule has 2 saturated heterocycles. The van der Waals surface area contributed by atoms with E-state index >= 15 is 0 Å². The van der Waals surface area contributed by atoms with Gasteiger partial charge in [-0.1, -0.05) is 12.1 Å². The van der Waals surface area contributed by atoms with Gasteiger partial charge in [-0.3, -0.25) is 0 Å². The third-order valence-corrected chi connectivity index (χ3v) is 4.59. The van der Waals surface area contributed by atoms with Crippen molar-refractivity contribution in [1.82, 2.24) is 10.2 Å². The van der Waals surface area contributed by atoms with Gasteiger partial charge in [-0.05, 0) is 51.3 Å². The number of nitrogens with one attached hydrogen (secondary N) is 1. The average Bonchev–Trinajstić information content (AvgIpc) is 3.08. The van der Waals surface area contributed by atoms with E-state index in [1.165, 1.54) is 24.1 Å². The smallest absolute Gasteiger partial charge is 0.410 e. The second kappa shape index (κ2) is 7.01. The number of nitrogens with zero attached hydrogens (tertiary/aromatic N) is 2. The van der Waals surface area contributed by atoms with E-state index in [9.17, 15) is 4.79 Å². The molecular formula is C19H29N3O2. The summed E-state index contributed by atoms with van der Waals surface area (Å²) in [5.41, 5.74) is 2.08. The fraction of sp³-hybridized carbons (Fsp3) is 0.632. The Balaban J connectivity index is 1.63. The largest absolute Gasteiger partial charge is 0.444 e. The number of ether oxygens (including phenoxy) is 1. The molecule has 0 aromatic heterocycles. The first-order chi connectivity index (χ1) is 11.4. The maximum Gasteiger partial charge on any atom is 0.410 e. The van der Waals surface area contributed by atoms with Crippen molar-refractivity contribution < 1.29 is 9.53 Å². The lowest BCUT2D eigenvalue weighted by Gasteiger charge is -2.35. The third-order valence-electron chi connectivity index (χ3n) is 4.59. The minimum atomic E-state index is -0.450. The first-order valence-corrected chi connectivity index (χ1v) is 8.99. The second-order valence-corrected chi connectivity index (χ2v) is 7.72. The first-order valence-electron chi connectivity index (χ1n) is 8.99. The second-order valence-electron chi connectivity index (χ2n) is 7.72.